The SMILES string of the molecule is CCOC(=O)C(CC)CC1CCN(C(=O)OCc2ccccc2)CC1. The average Bonchev–Trinajstić information content (AvgIpc) is 2.65. The lowest BCUT2D eigenvalue weighted by Crippen LogP contribution is -2.39. The van der Waals surface area contributed by atoms with E-state index in [1.807, 2.05) is 44.2 Å². The largest absolute Gasteiger partial charge is 0.466 e. The Morgan fingerprint density at radius 1 is 1.12 bits per heavy atom. The molecule has 0 saturated carbocycles. The Hall–Kier alpha value is -2.04. The average molecular weight is 347 g/mol. The molecule has 0 bridgehead atoms. The molecule has 5 heteroatoms. The molecule has 0 N–H and O–H groups in total. The van der Waals surface area contributed by atoms with Gasteiger partial charge in [-0.05, 0) is 44.1 Å². The molecule has 25 heavy (non-hydrogen) atoms. The monoisotopic (exact) mass is 347 g/mol. The van der Waals surface area contributed by atoms with Crippen molar-refractivity contribution in [3.63, 3.8) is 0 Å². The maximum Gasteiger partial charge on any atom is 0.410 e. The molecule has 1 atom stereocenters. The maximum absolute atomic E-state index is 12.2. The molecule has 2 rings (SSSR count). The lowest BCUT2D eigenvalue weighted by Gasteiger charge is -2.32. The van der Waals surface area contributed by atoms with Crippen molar-refractivity contribution >= 4 is 12.1 Å². The summed E-state index contributed by atoms with van der Waals surface area (Å²) in [6.07, 6.45) is 3.23. The van der Waals surface area contributed by atoms with Crippen LogP contribution in [-0.2, 0) is 20.9 Å². The molecule has 0 spiro atoms. The predicted octanol–water partition coefficient (Wildman–Crippen LogP) is 4.01. The lowest BCUT2D eigenvalue weighted by atomic mass is 9.86. The van der Waals surface area contributed by atoms with E-state index in [0.717, 1.165) is 31.2 Å². The van der Waals surface area contributed by atoms with Crippen molar-refractivity contribution in [3.05, 3.63) is 35.9 Å². The van der Waals surface area contributed by atoms with E-state index in [-0.39, 0.29) is 18.0 Å². The number of amides is 1. The first-order valence-corrected chi connectivity index (χ1v) is 9.26. The van der Waals surface area contributed by atoms with Crippen molar-refractivity contribution in [1.82, 2.24) is 4.90 Å². The number of ether oxygens (including phenoxy) is 2. The highest BCUT2D eigenvalue weighted by Gasteiger charge is 2.28. The van der Waals surface area contributed by atoms with E-state index in [0.29, 0.717) is 32.2 Å². The molecule has 1 aliphatic heterocycles. The van der Waals surface area contributed by atoms with Crippen LogP contribution in [0.15, 0.2) is 30.3 Å². The summed E-state index contributed by atoms with van der Waals surface area (Å²) in [6.45, 7) is 5.98. The molecular weight excluding hydrogens is 318 g/mol. The van der Waals surface area contributed by atoms with Gasteiger partial charge in [0, 0.05) is 13.1 Å². The van der Waals surface area contributed by atoms with Crippen LogP contribution >= 0.6 is 0 Å². The topological polar surface area (TPSA) is 55.8 Å². The fourth-order valence-electron chi connectivity index (χ4n) is 3.25. The Morgan fingerprint density at radius 3 is 2.40 bits per heavy atom. The summed E-state index contributed by atoms with van der Waals surface area (Å²) in [4.78, 5) is 25.9. The third-order valence-corrected chi connectivity index (χ3v) is 4.81. The fraction of sp³-hybridized carbons (Fsp3) is 0.600. The molecule has 0 aliphatic carbocycles. The van der Waals surface area contributed by atoms with Gasteiger partial charge < -0.3 is 14.4 Å². The summed E-state index contributed by atoms with van der Waals surface area (Å²) >= 11 is 0. The number of carbonyl (C=O) groups is 2. The highest BCUT2D eigenvalue weighted by molar-refractivity contribution is 5.72. The minimum atomic E-state index is -0.250. The van der Waals surface area contributed by atoms with Crippen LogP contribution < -0.4 is 0 Å². The van der Waals surface area contributed by atoms with Gasteiger partial charge in [-0.1, -0.05) is 37.3 Å². The molecule has 1 saturated heterocycles. The normalized spacial score (nSPS) is 16.3. The zero-order valence-corrected chi connectivity index (χ0v) is 15.3. The predicted molar refractivity (Wildman–Crippen MR) is 96.0 cm³/mol. The highest BCUT2D eigenvalue weighted by Crippen LogP contribution is 2.27. The van der Waals surface area contributed by atoms with E-state index in [2.05, 4.69) is 0 Å². The van der Waals surface area contributed by atoms with Crippen molar-refractivity contribution in [1.29, 1.82) is 0 Å². The first kappa shape index (κ1) is 19.3. The van der Waals surface area contributed by atoms with Crippen LogP contribution in [0.3, 0.4) is 0 Å². The molecule has 1 aliphatic rings. The Labute approximate surface area is 150 Å². The summed E-state index contributed by atoms with van der Waals surface area (Å²) in [6, 6.07) is 9.69. The van der Waals surface area contributed by atoms with Gasteiger partial charge in [0.05, 0.1) is 12.5 Å². The van der Waals surface area contributed by atoms with Crippen molar-refractivity contribution in [2.24, 2.45) is 11.8 Å². The summed E-state index contributed by atoms with van der Waals surface area (Å²) < 4.78 is 10.5. The summed E-state index contributed by atoms with van der Waals surface area (Å²) in [7, 11) is 0. The van der Waals surface area contributed by atoms with E-state index >= 15 is 0 Å². The van der Waals surface area contributed by atoms with Crippen LogP contribution in [-0.4, -0.2) is 36.7 Å². The molecular formula is C20H29NO4. The van der Waals surface area contributed by atoms with E-state index in [1.165, 1.54) is 0 Å². The molecule has 138 valence electrons. The molecule has 1 amide bonds. The number of hydrogen-bond donors (Lipinski definition) is 0. The van der Waals surface area contributed by atoms with Gasteiger partial charge in [0.15, 0.2) is 0 Å². The van der Waals surface area contributed by atoms with Crippen LogP contribution in [0.5, 0.6) is 0 Å². The quantitative estimate of drug-likeness (QED) is 0.699. The third-order valence-electron chi connectivity index (χ3n) is 4.81. The second-order valence-corrected chi connectivity index (χ2v) is 6.56. The first-order chi connectivity index (χ1) is 12.1. The van der Waals surface area contributed by atoms with Crippen molar-refractivity contribution in [2.45, 2.75) is 46.1 Å². The van der Waals surface area contributed by atoms with Gasteiger partial charge in [-0.3, -0.25) is 4.79 Å². The molecule has 1 fully saturated rings. The van der Waals surface area contributed by atoms with Gasteiger partial charge >= 0.3 is 12.1 Å². The standard InChI is InChI=1S/C20H29NO4/c1-3-18(19(22)24-4-2)14-16-10-12-21(13-11-16)20(23)25-15-17-8-6-5-7-9-17/h5-9,16,18H,3-4,10-15H2,1-2H3. The second kappa shape index (κ2) is 10.1. The van der Waals surface area contributed by atoms with Crippen molar-refractivity contribution in [3.8, 4) is 0 Å². The fourth-order valence-corrected chi connectivity index (χ4v) is 3.25. The smallest absolute Gasteiger partial charge is 0.410 e. The number of hydrogen-bond acceptors (Lipinski definition) is 4. The Kier molecular flexibility index (Phi) is 7.76. The second-order valence-electron chi connectivity index (χ2n) is 6.56. The molecule has 5 nitrogen and oxygen atoms in total. The molecule has 0 aromatic heterocycles. The molecule has 1 aromatic rings. The van der Waals surface area contributed by atoms with Crippen LogP contribution in [0.2, 0.25) is 0 Å². The third kappa shape index (κ3) is 6.07. The van der Waals surface area contributed by atoms with Gasteiger partial charge in [0.1, 0.15) is 6.61 Å². The highest BCUT2D eigenvalue weighted by atomic mass is 16.6. The molecule has 1 heterocycles. The van der Waals surface area contributed by atoms with E-state index in [9.17, 15) is 9.59 Å². The number of likely N-dealkylation sites (tertiary alicyclic amines) is 1. The van der Waals surface area contributed by atoms with Crippen molar-refractivity contribution in [2.75, 3.05) is 19.7 Å². The molecule has 1 aromatic carbocycles. The van der Waals surface area contributed by atoms with Gasteiger partial charge in [-0.25, -0.2) is 4.79 Å². The Balaban J connectivity index is 1.73. The number of rotatable bonds is 7. The van der Waals surface area contributed by atoms with Crippen LogP contribution in [0.25, 0.3) is 0 Å². The Bertz CT molecular complexity index is 538. The van der Waals surface area contributed by atoms with Crippen LogP contribution in [0.4, 0.5) is 4.79 Å². The lowest BCUT2D eigenvalue weighted by molar-refractivity contribution is -0.148. The number of piperidine rings is 1. The summed E-state index contributed by atoms with van der Waals surface area (Å²) in [5.74, 6) is 0.351. The number of benzene rings is 1. The van der Waals surface area contributed by atoms with E-state index < -0.39 is 0 Å². The van der Waals surface area contributed by atoms with Gasteiger partial charge in [-0.2, -0.15) is 0 Å². The van der Waals surface area contributed by atoms with E-state index in [1.54, 1.807) is 4.90 Å². The van der Waals surface area contributed by atoms with E-state index in [4.69, 9.17) is 9.47 Å². The minimum Gasteiger partial charge on any atom is -0.466 e. The Morgan fingerprint density at radius 2 is 1.80 bits per heavy atom. The zero-order chi connectivity index (χ0) is 18.1. The summed E-state index contributed by atoms with van der Waals surface area (Å²) in [5.41, 5.74) is 0.992. The minimum absolute atomic E-state index is 0.0264. The zero-order valence-electron chi connectivity index (χ0n) is 15.3. The maximum atomic E-state index is 12.2. The first-order valence-electron chi connectivity index (χ1n) is 9.26. The molecule has 1 unspecified atom stereocenters. The van der Waals surface area contributed by atoms with Gasteiger partial charge in [-0.15, -0.1) is 0 Å². The number of esters is 1. The van der Waals surface area contributed by atoms with Gasteiger partial charge in [0.25, 0.3) is 0 Å². The van der Waals surface area contributed by atoms with Crippen molar-refractivity contribution < 1.29 is 19.1 Å². The molecule has 0 radical (unpaired) electrons. The number of nitrogens with zero attached hydrogens (tertiary/aromatic N) is 1. The summed E-state index contributed by atoms with van der Waals surface area (Å²) in [5, 5.41) is 0. The van der Waals surface area contributed by atoms with Crippen LogP contribution in [0, 0.1) is 11.8 Å². The number of carbonyl (C=O) groups excluding carboxylic acids is 2. The van der Waals surface area contributed by atoms with Crippen LogP contribution in [0.1, 0.15) is 45.1 Å². The van der Waals surface area contributed by atoms with Gasteiger partial charge in [0.2, 0.25) is 0 Å².